The van der Waals surface area contributed by atoms with Crippen LogP contribution in [0.5, 0.6) is 0 Å². The second kappa shape index (κ2) is 11.3. The number of hydrogen-bond acceptors (Lipinski definition) is 7. The van der Waals surface area contributed by atoms with Crippen molar-refractivity contribution in [3.05, 3.63) is 63.2 Å². The number of aromatic nitrogens is 3. The maximum Gasteiger partial charge on any atom is 0.349 e. The lowest BCUT2D eigenvalue weighted by molar-refractivity contribution is -0.144. The summed E-state index contributed by atoms with van der Waals surface area (Å²) in [6, 6.07) is 3.60. The Morgan fingerprint density at radius 3 is 2.53 bits per heavy atom. The van der Waals surface area contributed by atoms with E-state index < -0.39 is 41.2 Å². The number of benzene rings is 1. The molecule has 0 bridgehead atoms. The first-order valence-electron chi connectivity index (χ1n) is 11.9. The van der Waals surface area contributed by atoms with Crippen molar-refractivity contribution >= 4 is 23.6 Å². The van der Waals surface area contributed by atoms with Crippen LogP contribution < -0.4 is 22.4 Å². The Kier molecular flexibility index (Phi) is 8.14. The largest absolute Gasteiger partial charge is 0.467 e. The summed E-state index contributed by atoms with van der Waals surface area (Å²) in [5.74, 6) is -1.24. The number of thioether (sulfide) groups is 1. The number of hydrogen-bond donors (Lipinski definition) is 2. The molecule has 0 saturated heterocycles. The van der Waals surface area contributed by atoms with Crippen molar-refractivity contribution in [3.8, 4) is 0 Å². The average Bonchev–Trinajstić information content (AvgIpc) is 3.14. The van der Waals surface area contributed by atoms with E-state index in [0.717, 1.165) is 39.6 Å². The van der Waals surface area contributed by atoms with Gasteiger partial charge in [-0.05, 0) is 55.9 Å². The van der Waals surface area contributed by atoms with Gasteiger partial charge in [-0.25, -0.2) is 32.7 Å². The highest BCUT2D eigenvalue weighted by Gasteiger charge is 2.34. The van der Waals surface area contributed by atoms with Gasteiger partial charge >= 0.3 is 17.3 Å². The van der Waals surface area contributed by atoms with Gasteiger partial charge in [-0.2, -0.15) is 0 Å². The van der Waals surface area contributed by atoms with Gasteiger partial charge in [0.15, 0.2) is 6.04 Å². The van der Waals surface area contributed by atoms with Crippen LogP contribution in [-0.2, 0) is 20.9 Å². The van der Waals surface area contributed by atoms with Crippen LogP contribution in [0.1, 0.15) is 37.8 Å². The number of fused-ring (bicyclic) bond motifs is 1. The van der Waals surface area contributed by atoms with E-state index in [-0.39, 0.29) is 18.3 Å². The van der Waals surface area contributed by atoms with E-state index in [0.29, 0.717) is 17.4 Å². The lowest BCUT2D eigenvalue weighted by atomic mass is 9.86. The fourth-order valence-corrected chi connectivity index (χ4v) is 5.58. The normalized spacial score (nSPS) is 22.0. The number of halogens is 1. The minimum absolute atomic E-state index is 0.00553. The van der Waals surface area contributed by atoms with Gasteiger partial charge in [-0.15, -0.1) is 11.8 Å². The zero-order valence-corrected chi connectivity index (χ0v) is 20.8. The number of carbonyl (C=O) groups excluding carboxylic acids is 2. The molecule has 2 aromatic rings. The lowest BCUT2D eigenvalue weighted by Gasteiger charge is -2.27. The third-order valence-corrected chi connectivity index (χ3v) is 7.77. The summed E-state index contributed by atoms with van der Waals surface area (Å²) in [7, 11) is 1.17. The number of nitrogens with two attached hydrogens (primary N) is 1. The first-order valence-corrected chi connectivity index (χ1v) is 12.9. The number of allylic oxidation sites excluding steroid dienone is 1. The van der Waals surface area contributed by atoms with E-state index in [1.165, 1.54) is 31.0 Å². The number of methoxy groups -OCH3 is 1. The first kappa shape index (κ1) is 26.0. The topological polar surface area (TPSA) is 130 Å². The van der Waals surface area contributed by atoms with Crippen molar-refractivity contribution in [2.24, 2.45) is 11.7 Å². The van der Waals surface area contributed by atoms with E-state index in [9.17, 15) is 23.6 Å². The number of esters is 1. The van der Waals surface area contributed by atoms with Gasteiger partial charge in [0, 0.05) is 23.2 Å². The molecule has 10 nitrogen and oxygen atoms in total. The molecule has 2 atom stereocenters. The molecule has 12 heteroatoms. The van der Waals surface area contributed by atoms with Crippen LogP contribution in [0, 0.1) is 11.7 Å². The molecular weight excluding hydrogens is 489 g/mol. The van der Waals surface area contributed by atoms with Crippen LogP contribution >= 0.6 is 11.8 Å². The molecule has 0 radical (unpaired) electrons. The molecule has 1 aromatic heterocycles. The second-order valence-corrected chi connectivity index (χ2v) is 10.2. The highest BCUT2D eigenvalue weighted by Crippen LogP contribution is 2.24. The number of nitrogens with zero attached hydrogens (tertiary/aromatic N) is 3. The van der Waals surface area contributed by atoms with Gasteiger partial charge in [-0.3, -0.25) is 4.79 Å². The second-order valence-electron chi connectivity index (χ2n) is 9.06. The SMILES string of the molecule is COC(=O)C(CSc1ccc(F)cc1)n1c(=O)n2n(c1=O)C(C(=O)NCC1CCC(N)CC1)C=CC2. The zero-order chi connectivity index (χ0) is 25.8. The van der Waals surface area contributed by atoms with Crippen molar-refractivity contribution in [1.82, 2.24) is 19.2 Å². The molecule has 2 heterocycles. The van der Waals surface area contributed by atoms with Gasteiger partial charge in [0.1, 0.15) is 11.9 Å². The number of nitrogens with one attached hydrogen (secondary N) is 1. The third kappa shape index (κ3) is 5.49. The van der Waals surface area contributed by atoms with E-state index in [4.69, 9.17) is 10.5 Å². The molecule has 1 aromatic carbocycles. The lowest BCUT2D eigenvalue weighted by Crippen LogP contribution is -2.43. The summed E-state index contributed by atoms with van der Waals surface area (Å²) in [6.45, 7) is 0.555. The quantitative estimate of drug-likeness (QED) is 0.304. The van der Waals surface area contributed by atoms with Crippen molar-refractivity contribution < 1.29 is 18.7 Å². The van der Waals surface area contributed by atoms with Crippen LogP contribution in [0.25, 0.3) is 0 Å². The summed E-state index contributed by atoms with van der Waals surface area (Å²) in [5, 5.41) is 2.91. The van der Waals surface area contributed by atoms with Crippen molar-refractivity contribution in [2.45, 2.75) is 55.2 Å². The summed E-state index contributed by atoms with van der Waals surface area (Å²) in [6.07, 6.45) is 6.91. The van der Waals surface area contributed by atoms with Gasteiger partial charge in [0.25, 0.3) is 0 Å². The van der Waals surface area contributed by atoms with Gasteiger partial charge in [0.05, 0.1) is 13.7 Å². The Morgan fingerprint density at radius 2 is 1.86 bits per heavy atom. The minimum Gasteiger partial charge on any atom is -0.467 e. The molecule has 2 aliphatic rings. The summed E-state index contributed by atoms with van der Waals surface area (Å²) in [4.78, 5) is 52.9. The summed E-state index contributed by atoms with van der Waals surface area (Å²) >= 11 is 1.18. The van der Waals surface area contributed by atoms with Crippen LogP contribution in [-0.4, -0.2) is 51.3 Å². The molecular formula is C24H30FN5O5S. The maximum atomic E-state index is 13.4. The Bertz CT molecular complexity index is 1240. The monoisotopic (exact) mass is 519 g/mol. The van der Waals surface area contributed by atoms with E-state index in [1.807, 2.05) is 0 Å². The molecule has 1 aliphatic carbocycles. The first-order chi connectivity index (χ1) is 17.3. The fraction of sp³-hybridized carbons (Fsp3) is 0.500. The Balaban J connectivity index is 1.56. The highest BCUT2D eigenvalue weighted by atomic mass is 32.2. The standard InChI is InChI=1S/C24H30FN5O5S/c1-35-22(32)20(14-36-18-10-6-16(25)7-11-18)29-23(33)28-12-2-3-19(30(28)24(29)34)21(31)27-13-15-4-8-17(26)9-5-15/h2-3,6-7,10-11,15,17,19-20H,4-5,8-9,12-14,26H2,1H3,(H,27,31). The van der Waals surface area contributed by atoms with E-state index >= 15 is 0 Å². The number of carbonyl (C=O) groups is 2. The van der Waals surface area contributed by atoms with E-state index in [1.54, 1.807) is 24.3 Å². The third-order valence-electron chi connectivity index (χ3n) is 6.68. The molecule has 2 unspecified atom stereocenters. The average molecular weight is 520 g/mol. The molecule has 1 saturated carbocycles. The number of rotatable bonds is 8. The van der Waals surface area contributed by atoms with Crippen molar-refractivity contribution in [2.75, 3.05) is 19.4 Å². The number of ether oxygens (including phenoxy) is 1. The number of amides is 1. The maximum absolute atomic E-state index is 13.4. The van der Waals surface area contributed by atoms with Gasteiger partial charge < -0.3 is 15.8 Å². The Labute approximate surface area is 211 Å². The van der Waals surface area contributed by atoms with E-state index in [2.05, 4.69) is 5.32 Å². The summed E-state index contributed by atoms with van der Waals surface area (Å²) < 4.78 is 21.2. The molecule has 1 amide bonds. The van der Waals surface area contributed by atoms with Crippen molar-refractivity contribution in [3.63, 3.8) is 0 Å². The zero-order valence-electron chi connectivity index (χ0n) is 20.0. The molecule has 3 N–H and O–H groups in total. The van der Waals surface area contributed by atoms with Crippen LogP contribution in [0.2, 0.25) is 0 Å². The van der Waals surface area contributed by atoms with Crippen LogP contribution in [0.3, 0.4) is 0 Å². The van der Waals surface area contributed by atoms with Crippen LogP contribution in [0.15, 0.2) is 50.9 Å². The molecule has 4 rings (SSSR count). The minimum atomic E-state index is -1.23. The smallest absolute Gasteiger partial charge is 0.349 e. The molecule has 1 aliphatic heterocycles. The van der Waals surface area contributed by atoms with Crippen molar-refractivity contribution in [1.29, 1.82) is 0 Å². The summed E-state index contributed by atoms with van der Waals surface area (Å²) in [5.41, 5.74) is 4.47. The molecule has 36 heavy (non-hydrogen) atoms. The predicted molar refractivity (Wildman–Crippen MR) is 132 cm³/mol. The predicted octanol–water partition coefficient (Wildman–Crippen LogP) is 1.20. The Hall–Kier alpha value is -3.12. The van der Waals surface area contributed by atoms with Gasteiger partial charge in [-0.1, -0.05) is 12.2 Å². The Morgan fingerprint density at radius 1 is 1.17 bits per heavy atom. The molecule has 1 fully saturated rings. The van der Waals surface area contributed by atoms with Gasteiger partial charge in [0.2, 0.25) is 5.91 Å². The highest BCUT2D eigenvalue weighted by molar-refractivity contribution is 7.99. The van der Waals surface area contributed by atoms with Crippen LogP contribution in [0.4, 0.5) is 4.39 Å². The molecule has 0 spiro atoms. The fourth-order valence-electron chi connectivity index (χ4n) is 4.62. The molecule has 194 valence electrons.